The molecule has 0 amide bonds. The molecule has 0 radical (unpaired) electrons. The van der Waals surface area contributed by atoms with Crippen LogP contribution in [0.1, 0.15) is 50.7 Å². The van der Waals surface area contributed by atoms with E-state index in [9.17, 15) is 5.11 Å². The molecule has 1 N–H and O–H groups in total. The average molecular weight is 328 g/mol. The lowest BCUT2D eigenvalue weighted by atomic mass is 9.95. The van der Waals surface area contributed by atoms with E-state index in [1.807, 2.05) is 24.3 Å². The fraction of sp³-hybridized carbons (Fsp3) is 0.550. The van der Waals surface area contributed by atoms with E-state index in [4.69, 9.17) is 4.74 Å². The number of aliphatic hydroxyl groups is 1. The highest BCUT2D eigenvalue weighted by molar-refractivity contribution is 5.83. The van der Waals surface area contributed by atoms with E-state index in [1.54, 1.807) is 13.3 Å². The van der Waals surface area contributed by atoms with Gasteiger partial charge in [-0.05, 0) is 68.6 Å². The summed E-state index contributed by atoms with van der Waals surface area (Å²) in [6, 6.07) is 8.22. The van der Waals surface area contributed by atoms with E-state index in [0.29, 0.717) is 6.04 Å². The third kappa shape index (κ3) is 3.70. The number of likely N-dealkylation sites (tertiary alicyclic amines) is 1. The van der Waals surface area contributed by atoms with Crippen LogP contribution in [0.25, 0.3) is 10.9 Å². The van der Waals surface area contributed by atoms with Gasteiger partial charge >= 0.3 is 0 Å². The van der Waals surface area contributed by atoms with Crippen molar-refractivity contribution < 1.29 is 9.84 Å². The van der Waals surface area contributed by atoms with Crippen molar-refractivity contribution in [3.05, 3.63) is 36.0 Å². The number of ether oxygens (including phenoxy) is 1. The minimum absolute atomic E-state index is 0.439. The maximum Gasteiger partial charge on any atom is 0.119 e. The second kappa shape index (κ2) is 7.95. The number of pyridine rings is 1. The smallest absolute Gasteiger partial charge is 0.119 e. The molecular formula is C20H28N2O2. The second-order valence-corrected chi connectivity index (χ2v) is 6.69. The Labute approximate surface area is 144 Å². The molecule has 0 unspecified atom stereocenters. The first-order valence-corrected chi connectivity index (χ1v) is 9.07. The normalized spacial score (nSPS) is 18.5. The fourth-order valence-corrected chi connectivity index (χ4v) is 3.81. The zero-order valence-corrected chi connectivity index (χ0v) is 14.7. The van der Waals surface area contributed by atoms with E-state index in [-0.39, 0.29) is 0 Å². The van der Waals surface area contributed by atoms with Crippen LogP contribution in [-0.4, -0.2) is 41.2 Å². The molecule has 1 aliphatic rings. The summed E-state index contributed by atoms with van der Waals surface area (Å²) in [6.45, 7) is 4.55. The highest BCUT2D eigenvalue weighted by Gasteiger charge is 2.23. The van der Waals surface area contributed by atoms with Crippen molar-refractivity contribution in [2.75, 3.05) is 20.2 Å². The van der Waals surface area contributed by atoms with Gasteiger partial charge in [0.05, 0.1) is 18.7 Å². The van der Waals surface area contributed by atoms with E-state index in [0.717, 1.165) is 48.1 Å². The lowest BCUT2D eigenvalue weighted by molar-refractivity contribution is 0.0877. The molecule has 1 fully saturated rings. The molecule has 0 bridgehead atoms. The Morgan fingerprint density at radius 2 is 2.00 bits per heavy atom. The summed E-state index contributed by atoms with van der Waals surface area (Å²) in [6.07, 6.45) is 7.05. The van der Waals surface area contributed by atoms with Gasteiger partial charge in [0.2, 0.25) is 0 Å². The van der Waals surface area contributed by atoms with Gasteiger partial charge in [0, 0.05) is 17.6 Å². The summed E-state index contributed by atoms with van der Waals surface area (Å²) in [5, 5.41) is 11.9. The number of aromatic nitrogens is 1. The molecule has 2 heterocycles. The van der Waals surface area contributed by atoms with Gasteiger partial charge in [-0.1, -0.05) is 13.3 Å². The minimum atomic E-state index is -0.477. The number of methoxy groups -OCH3 is 1. The second-order valence-electron chi connectivity index (χ2n) is 6.69. The predicted molar refractivity (Wildman–Crippen MR) is 97.4 cm³/mol. The van der Waals surface area contributed by atoms with E-state index in [1.165, 1.54) is 19.3 Å². The Morgan fingerprint density at radius 1 is 1.21 bits per heavy atom. The first-order valence-electron chi connectivity index (χ1n) is 9.07. The Balaban J connectivity index is 1.83. The summed E-state index contributed by atoms with van der Waals surface area (Å²) in [7, 11) is 1.66. The van der Waals surface area contributed by atoms with Crippen molar-refractivity contribution >= 4 is 10.9 Å². The maximum absolute atomic E-state index is 10.9. The largest absolute Gasteiger partial charge is 0.497 e. The van der Waals surface area contributed by atoms with Crippen LogP contribution in [0.15, 0.2) is 30.5 Å². The molecule has 0 aliphatic carbocycles. The van der Waals surface area contributed by atoms with Gasteiger partial charge in [0.25, 0.3) is 0 Å². The summed E-state index contributed by atoms with van der Waals surface area (Å²) in [5.74, 6) is 0.798. The molecular weight excluding hydrogens is 300 g/mol. The van der Waals surface area contributed by atoms with Crippen LogP contribution in [0.5, 0.6) is 5.75 Å². The lowest BCUT2D eigenvalue weighted by Gasteiger charge is -2.35. The molecule has 24 heavy (non-hydrogen) atoms. The quantitative estimate of drug-likeness (QED) is 0.872. The number of aliphatic hydroxyl groups excluding tert-OH is 1. The van der Waals surface area contributed by atoms with Crippen LogP contribution in [0.4, 0.5) is 0 Å². The van der Waals surface area contributed by atoms with Crippen LogP contribution < -0.4 is 4.74 Å². The van der Waals surface area contributed by atoms with Gasteiger partial charge in [0.15, 0.2) is 0 Å². The van der Waals surface area contributed by atoms with Gasteiger partial charge < -0.3 is 14.7 Å². The topological polar surface area (TPSA) is 45.6 Å². The monoisotopic (exact) mass is 328 g/mol. The zero-order valence-electron chi connectivity index (χ0n) is 14.7. The molecule has 0 saturated carbocycles. The van der Waals surface area contributed by atoms with Crippen LogP contribution >= 0.6 is 0 Å². The van der Waals surface area contributed by atoms with Crippen molar-refractivity contribution in [2.24, 2.45) is 0 Å². The molecule has 2 atom stereocenters. The molecule has 1 aliphatic heterocycles. The Bertz CT molecular complexity index is 668. The summed E-state index contributed by atoms with van der Waals surface area (Å²) >= 11 is 0. The fourth-order valence-electron chi connectivity index (χ4n) is 3.81. The summed E-state index contributed by atoms with van der Waals surface area (Å²) < 4.78 is 5.34. The van der Waals surface area contributed by atoms with Gasteiger partial charge in [-0.3, -0.25) is 4.98 Å². The molecule has 4 heteroatoms. The van der Waals surface area contributed by atoms with Crippen molar-refractivity contribution in [1.82, 2.24) is 9.88 Å². The third-order valence-corrected chi connectivity index (χ3v) is 5.22. The highest BCUT2D eigenvalue weighted by atomic mass is 16.5. The van der Waals surface area contributed by atoms with Gasteiger partial charge in [-0.2, -0.15) is 0 Å². The molecule has 4 nitrogen and oxygen atoms in total. The van der Waals surface area contributed by atoms with E-state index in [2.05, 4.69) is 16.8 Å². The number of rotatable bonds is 6. The first-order chi connectivity index (χ1) is 11.7. The number of hydrogen-bond donors (Lipinski definition) is 1. The number of hydrogen-bond acceptors (Lipinski definition) is 4. The number of fused-ring (bicyclic) bond motifs is 1. The van der Waals surface area contributed by atoms with E-state index >= 15 is 0 Å². The number of piperidine rings is 1. The Kier molecular flexibility index (Phi) is 5.69. The molecule has 3 rings (SSSR count). The molecule has 2 aromatic rings. The predicted octanol–water partition coefficient (Wildman–Crippen LogP) is 3.93. The molecule has 1 aromatic heterocycles. The van der Waals surface area contributed by atoms with Crippen LogP contribution in [0.3, 0.4) is 0 Å². The van der Waals surface area contributed by atoms with E-state index < -0.39 is 6.10 Å². The standard InChI is InChI=1S/C20H28N2O2/c1-3-15(22-11-5-4-6-12-22)13-20(23)17-9-10-21-19-8-7-16(24-2)14-18(17)19/h7-10,14-15,20,23H,3-6,11-13H2,1-2H3/t15-,20-/m1/s1. The van der Waals surface area contributed by atoms with Gasteiger partial charge in [-0.15, -0.1) is 0 Å². The van der Waals surface area contributed by atoms with Crippen LogP contribution in [0, 0.1) is 0 Å². The Morgan fingerprint density at radius 3 is 2.71 bits per heavy atom. The van der Waals surface area contributed by atoms with Gasteiger partial charge in [0.1, 0.15) is 5.75 Å². The zero-order chi connectivity index (χ0) is 16.9. The molecule has 1 aromatic carbocycles. The SMILES string of the molecule is CC[C@H](C[C@@H](O)c1ccnc2ccc(OC)cc12)N1CCCCC1. The molecule has 1 saturated heterocycles. The van der Waals surface area contributed by atoms with Crippen molar-refractivity contribution in [2.45, 2.75) is 51.2 Å². The summed E-state index contributed by atoms with van der Waals surface area (Å²) in [5.41, 5.74) is 1.85. The van der Waals surface area contributed by atoms with Crippen molar-refractivity contribution in [1.29, 1.82) is 0 Å². The average Bonchev–Trinajstić information content (AvgIpc) is 2.65. The number of benzene rings is 1. The van der Waals surface area contributed by atoms with Gasteiger partial charge in [-0.25, -0.2) is 0 Å². The highest BCUT2D eigenvalue weighted by Crippen LogP contribution is 2.30. The third-order valence-electron chi connectivity index (χ3n) is 5.22. The first kappa shape index (κ1) is 17.2. The van der Waals surface area contributed by atoms with Crippen LogP contribution in [0.2, 0.25) is 0 Å². The Hall–Kier alpha value is -1.65. The van der Waals surface area contributed by atoms with Crippen molar-refractivity contribution in [3.8, 4) is 5.75 Å². The lowest BCUT2D eigenvalue weighted by Crippen LogP contribution is -2.39. The summed E-state index contributed by atoms with van der Waals surface area (Å²) in [4.78, 5) is 6.96. The van der Waals surface area contributed by atoms with Crippen LogP contribution in [-0.2, 0) is 0 Å². The van der Waals surface area contributed by atoms with Crippen molar-refractivity contribution in [3.63, 3.8) is 0 Å². The minimum Gasteiger partial charge on any atom is -0.497 e. The number of nitrogens with zero attached hydrogens (tertiary/aromatic N) is 2. The molecule has 130 valence electrons. The maximum atomic E-state index is 10.9. The molecule has 0 spiro atoms.